The molecule has 0 spiro atoms. The van der Waals surface area contributed by atoms with Crippen LogP contribution in [0.3, 0.4) is 0 Å². The average Bonchev–Trinajstić information content (AvgIpc) is 2.97. The Morgan fingerprint density at radius 3 is 0.800 bits per heavy atom. The zero-order valence-corrected chi connectivity index (χ0v) is 27.6. The van der Waals surface area contributed by atoms with Gasteiger partial charge in [0.2, 0.25) is 0 Å². The monoisotopic (exact) mass is 563 g/mol. The second-order valence-corrected chi connectivity index (χ2v) is 12.7. The van der Waals surface area contributed by atoms with Gasteiger partial charge in [-0.05, 0) is 6.42 Å². The number of rotatable bonds is 35. The zero-order chi connectivity index (χ0) is 29.0. The summed E-state index contributed by atoms with van der Waals surface area (Å²) in [4.78, 5) is 10.9. The second kappa shape index (κ2) is 36.2. The smallest absolute Gasteiger partial charge is 0.330 e. The van der Waals surface area contributed by atoms with E-state index in [2.05, 4.69) is 13.5 Å². The predicted octanol–water partition coefficient (Wildman–Crippen LogP) is 13.6. The highest BCUT2D eigenvalue weighted by molar-refractivity contribution is 5.81. The number of esters is 1. The van der Waals surface area contributed by atoms with Crippen molar-refractivity contribution in [1.29, 1.82) is 0 Å². The highest BCUT2D eigenvalue weighted by atomic mass is 16.5. The Balaban J connectivity index is 3.04. The first kappa shape index (κ1) is 39.2. The maximum absolute atomic E-state index is 10.9. The molecule has 0 aliphatic heterocycles. The number of hydrogen-bond acceptors (Lipinski definition) is 2. The van der Waals surface area contributed by atoms with Gasteiger partial charge in [0.25, 0.3) is 0 Å². The van der Waals surface area contributed by atoms with Gasteiger partial charge in [0.05, 0.1) is 6.61 Å². The van der Waals surface area contributed by atoms with Gasteiger partial charge in [0.1, 0.15) is 0 Å². The molecule has 0 saturated heterocycles. The third-order valence-corrected chi connectivity index (χ3v) is 8.66. The third kappa shape index (κ3) is 35.2. The van der Waals surface area contributed by atoms with E-state index in [1.807, 2.05) is 0 Å². The third-order valence-electron chi connectivity index (χ3n) is 8.66. The summed E-state index contributed by atoms with van der Waals surface area (Å²) in [5.74, 6) is -0.295. The molecule has 0 rings (SSSR count). The normalized spacial score (nSPS) is 11.2. The maximum atomic E-state index is 10.9. The van der Waals surface area contributed by atoms with Crippen molar-refractivity contribution in [2.24, 2.45) is 0 Å². The molecule has 0 aromatic rings. The topological polar surface area (TPSA) is 26.3 Å². The molecule has 0 atom stereocenters. The van der Waals surface area contributed by atoms with Crippen LogP contribution in [0.4, 0.5) is 0 Å². The molecule has 0 saturated carbocycles. The van der Waals surface area contributed by atoms with E-state index in [1.165, 1.54) is 212 Å². The van der Waals surface area contributed by atoms with Crippen molar-refractivity contribution in [2.75, 3.05) is 6.61 Å². The summed E-state index contributed by atoms with van der Waals surface area (Å²) in [6, 6.07) is 0. The molecular weight excluding hydrogens is 488 g/mol. The molecule has 0 amide bonds. The van der Waals surface area contributed by atoms with Crippen LogP contribution >= 0.6 is 0 Å². The summed E-state index contributed by atoms with van der Waals surface area (Å²) < 4.78 is 5.00. The lowest BCUT2D eigenvalue weighted by Crippen LogP contribution is -2.01. The Labute approximate surface area is 253 Å². The van der Waals surface area contributed by atoms with Gasteiger partial charge in [0.15, 0.2) is 0 Å². The fourth-order valence-corrected chi connectivity index (χ4v) is 5.89. The summed E-state index contributed by atoms with van der Waals surface area (Å²) in [5, 5.41) is 0. The molecule has 0 unspecified atom stereocenters. The van der Waals surface area contributed by atoms with Gasteiger partial charge in [0, 0.05) is 6.08 Å². The summed E-state index contributed by atoms with van der Waals surface area (Å²) in [6.07, 6.45) is 48.3. The van der Waals surface area contributed by atoms with Gasteiger partial charge in [-0.15, -0.1) is 0 Å². The Kier molecular flexibility index (Phi) is 35.5. The summed E-state index contributed by atoms with van der Waals surface area (Å²) in [7, 11) is 0. The van der Waals surface area contributed by atoms with E-state index in [4.69, 9.17) is 4.74 Å². The summed E-state index contributed by atoms with van der Waals surface area (Å²) in [6.45, 7) is 6.26. The van der Waals surface area contributed by atoms with E-state index in [9.17, 15) is 4.79 Å². The second-order valence-electron chi connectivity index (χ2n) is 12.7. The molecule has 0 fully saturated rings. The average molecular weight is 563 g/mol. The van der Waals surface area contributed by atoms with E-state index in [0.717, 1.165) is 6.42 Å². The number of hydrogen-bond donors (Lipinski definition) is 0. The quantitative estimate of drug-likeness (QED) is 0.0436. The van der Waals surface area contributed by atoms with Crippen LogP contribution in [0.2, 0.25) is 0 Å². The number of carbonyl (C=O) groups is 1. The fraction of sp³-hybridized carbons (Fsp3) is 0.921. The minimum absolute atomic E-state index is 0.295. The molecule has 0 heterocycles. The van der Waals surface area contributed by atoms with Crippen LogP contribution in [-0.2, 0) is 9.53 Å². The Morgan fingerprint density at radius 1 is 0.400 bits per heavy atom. The van der Waals surface area contributed by atoms with Crippen molar-refractivity contribution in [3.63, 3.8) is 0 Å². The Bertz CT molecular complexity index is 486. The lowest BCUT2D eigenvalue weighted by Gasteiger charge is -2.05. The van der Waals surface area contributed by atoms with E-state index in [0.29, 0.717) is 6.61 Å². The molecule has 40 heavy (non-hydrogen) atoms. The summed E-state index contributed by atoms with van der Waals surface area (Å²) in [5.41, 5.74) is 0. The van der Waals surface area contributed by atoms with Crippen molar-refractivity contribution in [3.05, 3.63) is 12.7 Å². The van der Waals surface area contributed by atoms with Gasteiger partial charge in [-0.2, -0.15) is 0 Å². The first-order chi connectivity index (χ1) is 19.8. The van der Waals surface area contributed by atoms with Crippen LogP contribution in [-0.4, -0.2) is 12.6 Å². The standard InChI is InChI=1S/C38H74O2/c1-3-5-6-7-8-9-10-11-12-13-14-15-16-17-18-19-20-21-22-23-24-25-26-27-28-29-30-31-32-33-34-35-36-37-40-38(39)4-2/h4H,2-3,5-37H2,1H3. The first-order valence-corrected chi connectivity index (χ1v) is 18.6. The molecule has 0 aromatic carbocycles. The van der Waals surface area contributed by atoms with E-state index in [-0.39, 0.29) is 5.97 Å². The zero-order valence-electron chi connectivity index (χ0n) is 27.6. The lowest BCUT2D eigenvalue weighted by molar-refractivity contribution is -0.137. The SMILES string of the molecule is C=CC(=O)OCCCCCCCCCCCCCCCCCCCCCCCCCCCCCCCCCCC. The van der Waals surface area contributed by atoms with Gasteiger partial charge in [-0.1, -0.05) is 219 Å². The van der Waals surface area contributed by atoms with E-state index in [1.54, 1.807) is 0 Å². The summed E-state index contributed by atoms with van der Waals surface area (Å²) >= 11 is 0. The highest BCUT2D eigenvalue weighted by Crippen LogP contribution is 2.17. The molecule has 0 aliphatic rings. The minimum Gasteiger partial charge on any atom is -0.463 e. The van der Waals surface area contributed by atoms with Gasteiger partial charge in [-0.25, -0.2) is 4.79 Å². The van der Waals surface area contributed by atoms with Crippen molar-refractivity contribution >= 4 is 5.97 Å². The minimum atomic E-state index is -0.295. The maximum Gasteiger partial charge on any atom is 0.330 e. The Morgan fingerprint density at radius 2 is 0.600 bits per heavy atom. The molecule has 238 valence electrons. The van der Waals surface area contributed by atoms with Crippen LogP contribution in [0.5, 0.6) is 0 Å². The first-order valence-electron chi connectivity index (χ1n) is 18.6. The predicted molar refractivity (Wildman–Crippen MR) is 179 cm³/mol. The van der Waals surface area contributed by atoms with Crippen LogP contribution in [0.1, 0.15) is 219 Å². The molecule has 0 N–H and O–H groups in total. The van der Waals surface area contributed by atoms with Crippen LogP contribution in [0, 0.1) is 0 Å². The van der Waals surface area contributed by atoms with Crippen molar-refractivity contribution < 1.29 is 9.53 Å². The van der Waals surface area contributed by atoms with Crippen LogP contribution < -0.4 is 0 Å². The molecule has 2 heteroatoms. The van der Waals surface area contributed by atoms with Gasteiger partial charge < -0.3 is 4.74 Å². The van der Waals surface area contributed by atoms with Crippen molar-refractivity contribution in [1.82, 2.24) is 0 Å². The number of ether oxygens (including phenoxy) is 1. The lowest BCUT2D eigenvalue weighted by atomic mass is 10.0. The number of carbonyl (C=O) groups excluding carboxylic acids is 1. The highest BCUT2D eigenvalue weighted by Gasteiger charge is 1.98. The molecule has 0 radical (unpaired) electrons. The van der Waals surface area contributed by atoms with Gasteiger partial charge >= 0.3 is 5.97 Å². The number of unbranched alkanes of at least 4 members (excludes halogenated alkanes) is 32. The van der Waals surface area contributed by atoms with Gasteiger partial charge in [-0.3, -0.25) is 0 Å². The van der Waals surface area contributed by atoms with Crippen LogP contribution in [0.25, 0.3) is 0 Å². The Hall–Kier alpha value is -0.790. The molecule has 2 nitrogen and oxygen atoms in total. The fourth-order valence-electron chi connectivity index (χ4n) is 5.89. The molecule has 0 aromatic heterocycles. The van der Waals surface area contributed by atoms with Crippen LogP contribution in [0.15, 0.2) is 12.7 Å². The molecule has 0 aliphatic carbocycles. The molecule has 0 bridgehead atoms. The largest absolute Gasteiger partial charge is 0.463 e. The van der Waals surface area contributed by atoms with E-state index >= 15 is 0 Å². The molecular formula is C38H74O2. The van der Waals surface area contributed by atoms with Crippen molar-refractivity contribution in [2.45, 2.75) is 219 Å². The van der Waals surface area contributed by atoms with E-state index < -0.39 is 0 Å². The van der Waals surface area contributed by atoms with Crippen molar-refractivity contribution in [3.8, 4) is 0 Å².